The number of aliphatic carboxylic acids is 1. The lowest BCUT2D eigenvalue weighted by Gasteiger charge is -2.30. The number of hydrogen-bond donors (Lipinski definition) is 1. The summed E-state index contributed by atoms with van der Waals surface area (Å²) in [5, 5.41) is 9.00. The molecule has 0 spiro atoms. The molecular weight excluding hydrogens is 298 g/mol. The number of ether oxygens (including phenoxy) is 1. The highest BCUT2D eigenvalue weighted by atomic mass is 79.9. The molecule has 2 rings (SSSR count). The monoisotopic (exact) mass is 313 g/mol. The third kappa shape index (κ3) is 2.84. The van der Waals surface area contributed by atoms with Crippen molar-refractivity contribution in [2.24, 2.45) is 0 Å². The minimum atomic E-state index is -0.805. The number of carbonyl (C=O) groups is 1. The maximum absolute atomic E-state index is 11.0. The molecule has 1 unspecified atom stereocenters. The fourth-order valence-electron chi connectivity index (χ4n) is 2.00. The smallest absolute Gasteiger partial charge is 0.310 e. The molecule has 1 fully saturated rings. The summed E-state index contributed by atoms with van der Waals surface area (Å²) < 4.78 is 6.26. The molecule has 1 N–H and O–H groups in total. The molecule has 0 aliphatic carbocycles. The topological polar surface area (TPSA) is 49.8 Å². The molecule has 4 nitrogen and oxygen atoms in total. The summed E-state index contributed by atoms with van der Waals surface area (Å²) >= 11 is 3.52. The minimum absolute atomic E-state index is 0.486. The van der Waals surface area contributed by atoms with E-state index < -0.39 is 11.9 Å². The van der Waals surface area contributed by atoms with Gasteiger partial charge in [-0.25, -0.2) is 0 Å². The second kappa shape index (κ2) is 5.71. The number of carboxylic acids is 1. The van der Waals surface area contributed by atoms with Crippen LogP contribution >= 0.6 is 15.9 Å². The second-order valence-corrected chi connectivity index (χ2v) is 5.22. The highest BCUT2D eigenvalue weighted by Gasteiger charge is 2.18. The molecule has 1 aromatic carbocycles. The van der Waals surface area contributed by atoms with Crippen molar-refractivity contribution in [2.45, 2.75) is 12.8 Å². The number of carboxylic acid groups (broad SMARTS) is 1. The van der Waals surface area contributed by atoms with Gasteiger partial charge in [0, 0.05) is 17.6 Å². The zero-order valence-corrected chi connectivity index (χ0v) is 11.8. The zero-order valence-electron chi connectivity index (χ0n) is 10.2. The van der Waals surface area contributed by atoms with Crippen molar-refractivity contribution in [3.8, 4) is 0 Å². The molecule has 0 saturated carbocycles. The Morgan fingerprint density at radius 1 is 1.44 bits per heavy atom. The number of rotatable bonds is 3. The van der Waals surface area contributed by atoms with Crippen LogP contribution in [-0.2, 0) is 9.53 Å². The highest BCUT2D eigenvalue weighted by molar-refractivity contribution is 9.10. The van der Waals surface area contributed by atoms with Gasteiger partial charge in [0.2, 0.25) is 0 Å². The lowest BCUT2D eigenvalue weighted by Crippen LogP contribution is -2.36. The Balaban J connectivity index is 2.21. The second-order valence-electron chi connectivity index (χ2n) is 4.37. The van der Waals surface area contributed by atoms with Crippen molar-refractivity contribution < 1.29 is 14.6 Å². The lowest BCUT2D eigenvalue weighted by molar-refractivity contribution is -0.138. The number of morpholine rings is 1. The van der Waals surface area contributed by atoms with Crippen LogP contribution in [0.25, 0.3) is 0 Å². The summed E-state index contributed by atoms with van der Waals surface area (Å²) in [6.07, 6.45) is 0. The Bertz CT molecular complexity index is 444. The van der Waals surface area contributed by atoms with Crippen molar-refractivity contribution in [3.63, 3.8) is 0 Å². The van der Waals surface area contributed by atoms with E-state index in [1.54, 1.807) is 6.92 Å². The van der Waals surface area contributed by atoms with Gasteiger partial charge >= 0.3 is 5.97 Å². The third-order valence-corrected chi connectivity index (χ3v) is 3.83. The van der Waals surface area contributed by atoms with E-state index in [2.05, 4.69) is 20.8 Å². The van der Waals surface area contributed by atoms with Crippen LogP contribution in [0.1, 0.15) is 18.4 Å². The number of benzene rings is 1. The molecule has 1 aliphatic rings. The highest BCUT2D eigenvalue weighted by Crippen LogP contribution is 2.30. The largest absolute Gasteiger partial charge is 0.481 e. The summed E-state index contributed by atoms with van der Waals surface area (Å²) in [7, 11) is 0. The summed E-state index contributed by atoms with van der Waals surface area (Å²) in [6.45, 7) is 4.90. The fourth-order valence-corrected chi connectivity index (χ4v) is 2.64. The van der Waals surface area contributed by atoms with Gasteiger partial charge in [-0.05, 0) is 40.5 Å². The third-order valence-electron chi connectivity index (χ3n) is 3.19. The molecule has 0 aromatic heterocycles. The lowest BCUT2D eigenvalue weighted by atomic mass is 10.0. The molecule has 98 valence electrons. The van der Waals surface area contributed by atoms with E-state index in [1.165, 1.54) is 0 Å². The average molecular weight is 314 g/mol. The Morgan fingerprint density at radius 3 is 2.67 bits per heavy atom. The number of nitrogens with zero attached hydrogens (tertiary/aromatic N) is 1. The molecule has 5 heteroatoms. The van der Waals surface area contributed by atoms with E-state index >= 15 is 0 Å². The van der Waals surface area contributed by atoms with Crippen LogP contribution in [-0.4, -0.2) is 37.4 Å². The van der Waals surface area contributed by atoms with Crippen molar-refractivity contribution in [1.29, 1.82) is 0 Å². The fraction of sp³-hybridized carbons (Fsp3) is 0.462. The standard InChI is InChI=1S/C13H16BrNO3/c1-9(13(16)17)10-2-3-12(11(14)8-10)15-4-6-18-7-5-15/h2-3,8-9H,4-7H2,1H3,(H,16,17). The van der Waals surface area contributed by atoms with Gasteiger partial charge in [-0.3, -0.25) is 4.79 Å². The van der Waals surface area contributed by atoms with Gasteiger partial charge < -0.3 is 14.7 Å². The van der Waals surface area contributed by atoms with E-state index in [9.17, 15) is 4.79 Å². The summed E-state index contributed by atoms with van der Waals surface area (Å²) in [5.74, 6) is -1.29. The summed E-state index contributed by atoms with van der Waals surface area (Å²) in [5.41, 5.74) is 1.91. The predicted octanol–water partition coefficient (Wildman–Crippen LogP) is 2.47. The molecule has 1 aromatic rings. The molecule has 1 heterocycles. The molecule has 1 atom stereocenters. The van der Waals surface area contributed by atoms with E-state index in [1.807, 2.05) is 18.2 Å². The van der Waals surface area contributed by atoms with Gasteiger partial charge in [-0.1, -0.05) is 6.07 Å². The van der Waals surface area contributed by atoms with Gasteiger partial charge in [-0.15, -0.1) is 0 Å². The van der Waals surface area contributed by atoms with Crippen molar-refractivity contribution in [2.75, 3.05) is 31.2 Å². The molecule has 0 amide bonds. The van der Waals surface area contributed by atoms with Gasteiger partial charge in [-0.2, -0.15) is 0 Å². The van der Waals surface area contributed by atoms with Crippen LogP contribution in [0.5, 0.6) is 0 Å². The van der Waals surface area contributed by atoms with Crippen LogP contribution < -0.4 is 4.90 Å². The maximum Gasteiger partial charge on any atom is 0.310 e. The Morgan fingerprint density at radius 2 is 2.11 bits per heavy atom. The first-order chi connectivity index (χ1) is 8.59. The number of anilines is 1. The van der Waals surface area contributed by atoms with Crippen LogP contribution in [0.3, 0.4) is 0 Å². The molecule has 1 aliphatic heterocycles. The average Bonchev–Trinajstić information content (AvgIpc) is 2.38. The van der Waals surface area contributed by atoms with E-state index in [4.69, 9.17) is 9.84 Å². The maximum atomic E-state index is 11.0. The van der Waals surface area contributed by atoms with Crippen molar-refractivity contribution in [3.05, 3.63) is 28.2 Å². The Kier molecular flexibility index (Phi) is 4.24. The molecule has 0 bridgehead atoms. The SMILES string of the molecule is CC(C(=O)O)c1ccc(N2CCOCC2)c(Br)c1. The van der Waals surface area contributed by atoms with Gasteiger partial charge in [0.25, 0.3) is 0 Å². The van der Waals surface area contributed by atoms with Crippen LogP contribution in [0.2, 0.25) is 0 Å². The van der Waals surface area contributed by atoms with E-state index in [0.29, 0.717) is 0 Å². The number of hydrogen-bond acceptors (Lipinski definition) is 3. The molecule has 1 saturated heterocycles. The number of halogens is 1. The molecule has 18 heavy (non-hydrogen) atoms. The normalized spacial score (nSPS) is 17.6. The first-order valence-electron chi connectivity index (χ1n) is 5.94. The van der Waals surface area contributed by atoms with Crippen LogP contribution in [0, 0.1) is 0 Å². The van der Waals surface area contributed by atoms with E-state index in [-0.39, 0.29) is 0 Å². The van der Waals surface area contributed by atoms with Gasteiger partial charge in [0.15, 0.2) is 0 Å². The Labute approximate surface area is 115 Å². The first kappa shape index (κ1) is 13.4. The first-order valence-corrected chi connectivity index (χ1v) is 6.74. The van der Waals surface area contributed by atoms with E-state index in [0.717, 1.165) is 42.0 Å². The quantitative estimate of drug-likeness (QED) is 0.931. The minimum Gasteiger partial charge on any atom is -0.481 e. The zero-order chi connectivity index (χ0) is 13.1. The summed E-state index contributed by atoms with van der Waals surface area (Å²) in [4.78, 5) is 13.2. The Hall–Kier alpha value is -1.07. The molecule has 0 radical (unpaired) electrons. The summed E-state index contributed by atoms with van der Waals surface area (Å²) in [6, 6.07) is 5.75. The van der Waals surface area contributed by atoms with Crippen molar-refractivity contribution in [1.82, 2.24) is 0 Å². The van der Waals surface area contributed by atoms with Crippen LogP contribution in [0.15, 0.2) is 22.7 Å². The van der Waals surface area contributed by atoms with Gasteiger partial charge in [0.1, 0.15) is 0 Å². The predicted molar refractivity (Wildman–Crippen MR) is 73.2 cm³/mol. The van der Waals surface area contributed by atoms with Crippen molar-refractivity contribution >= 4 is 27.6 Å². The van der Waals surface area contributed by atoms with Gasteiger partial charge in [0.05, 0.1) is 24.8 Å². The molecular formula is C13H16BrNO3. The van der Waals surface area contributed by atoms with Crippen LogP contribution in [0.4, 0.5) is 5.69 Å².